The Bertz CT molecular complexity index is 686. The third kappa shape index (κ3) is 7.00. The molecule has 0 heterocycles. The second-order valence-electron chi connectivity index (χ2n) is 6.10. The highest BCUT2D eigenvalue weighted by atomic mass is 35.5. The van der Waals surface area contributed by atoms with Crippen LogP contribution >= 0.6 is 0 Å². The van der Waals surface area contributed by atoms with Crippen molar-refractivity contribution in [2.75, 3.05) is 19.6 Å². The van der Waals surface area contributed by atoms with Gasteiger partial charge in [-0.15, -0.1) is 0 Å². The molecule has 27 heavy (non-hydrogen) atoms. The van der Waals surface area contributed by atoms with Crippen molar-refractivity contribution in [1.29, 1.82) is 0 Å². The molecular weight excluding hydrogens is 370 g/mol. The summed E-state index contributed by atoms with van der Waals surface area (Å²) in [6, 6.07) is 12.5. The van der Waals surface area contributed by atoms with Gasteiger partial charge >= 0.3 is 5.97 Å². The van der Waals surface area contributed by atoms with E-state index in [2.05, 4.69) is 51.1 Å². The largest absolute Gasteiger partial charge is 1.00 e. The summed E-state index contributed by atoms with van der Waals surface area (Å²) in [5.74, 6) is -3.33. The number of carboxylic acid groups (broad SMARTS) is 1. The Labute approximate surface area is 166 Å². The molecule has 6 nitrogen and oxygen atoms in total. The van der Waals surface area contributed by atoms with Gasteiger partial charge in [-0.3, -0.25) is 0 Å². The molecule has 0 fully saturated rings. The first-order valence-electron chi connectivity index (χ1n) is 8.65. The lowest BCUT2D eigenvalue weighted by atomic mass is 10.2. The highest BCUT2D eigenvalue weighted by Gasteiger charge is 2.20. The van der Waals surface area contributed by atoms with Gasteiger partial charge in [-0.2, -0.15) is 0 Å². The molecule has 7 heteroatoms. The second-order valence-corrected chi connectivity index (χ2v) is 6.10. The van der Waals surface area contributed by atoms with E-state index >= 15 is 0 Å². The molecular formula is C20H28ClNO5. The zero-order valence-electron chi connectivity index (χ0n) is 15.9. The van der Waals surface area contributed by atoms with E-state index in [1.165, 1.54) is 36.2 Å². The number of phenolic OH excluding ortho intramolecular Hbond substituents is 3. The molecule has 0 aromatic heterocycles. The van der Waals surface area contributed by atoms with Crippen LogP contribution in [0.2, 0.25) is 0 Å². The van der Waals surface area contributed by atoms with Crippen LogP contribution in [0.3, 0.4) is 0 Å². The molecule has 0 unspecified atom stereocenters. The number of rotatable bonds is 6. The van der Waals surface area contributed by atoms with Crippen molar-refractivity contribution in [1.82, 2.24) is 0 Å². The number of aromatic hydroxyl groups is 3. The maximum absolute atomic E-state index is 10.3. The summed E-state index contributed by atoms with van der Waals surface area (Å²) in [6.07, 6.45) is 0. The fourth-order valence-corrected chi connectivity index (χ4v) is 2.70. The number of halogens is 1. The zero-order chi connectivity index (χ0) is 19.7. The predicted molar refractivity (Wildman–Crippen MR) is 100 cm³/mol. The van der Waals surface area contributed by atoms with Gasteiger partial charge in [0.25, 0.3) is 0 Å². The molecule has 2 rings (SSSR count). The number of phenols is 3. The van der Waals surface area contributed by atoms with Crippen molar-refractivity contribution in [2.24, 2.45) is 0 Å². The van der Waals surface area contributed by atoms with Gasteiger partial charge in [0.1, 0.15) is 6.54 Å². The van der Waals surface area contributed by atoms with Gasteiger partial charge < -0.3 is 37.3 Å². The van der Waals surface area contributed by atoms with Crippen LogP contribution in [-0.2, 0) is 6.54 Å². The van der Waals surface area contributed by atoms with Crippen molar-refractivity contribution >= 4 is 5.97 Å². The van der Waals surface area contributed by atoms with Gasteiger partial charge in [-0.05, 0) is 32.9 Å². The molecule has 0 spiro atoms. The number of nitrogens with zero attached hydrogens (tertiary/aromatic N) is 1. The summed E-state index contributed by atoms with van der Waals surface area (Å²) < 4.78 is 1.20. The number of quaternary nitrogens is 1. The Hall–Kier alpha value is -2.44. The summed E-state index contributed by atoms with van der Waals surface area (Å²) >= 11 is 0. The number of carboxylic acids is 1. The Kier molecular flexibility index (Phi) is 10.3. The summed E-state index contributed by atoms with van der Waals surface area (Å²) in [5.41, 5.74) is 1.17. The van der Waals surface area contributed by atoms with Crippen LogP contribution in [0.4, 0.5) is 0 Å². The van der Waals surface area contributed by atoms with Crippen LogP contribution in [0.15, 0.2) is 42.5 Å². The first-order valence-corrected chi connectivity index (χ1v) is 8.65. The highest BCUT2D eigenvalue weighted by molar-refractivity contribution is 5.89. The molecule has 4 N–H and O–H groups in total. The van der Waals surface area contributed by atoms with Crippen LogP contribution in [0.25, 0.3) is 0 Å². The van der Waals surface area contributed by atoms with Crippen LogP contribution < -0.4 is 12.4 Å². The fourth-order valence-electron chi connectivity index (χ4n) is 2.70. The lowest BCUT2D eigenvalue weighted by Crippen LogP contribution is -3.00. The molecule has 2 aromatic carbocycles. The van der Waals surface area contributed by atoms with Crippen molar-refractivity contribution in [3.63, 3.8) is 0 Å². The van der Waals surface area contributed by atoms with E-state index in [0.29, 0.717) is 0 Å². The Morgan fingerprint density at radius 2 is 1.33 bits per heavy atom. The summed E-state index contributed by atoms with van der Waals surface area (Å²) in [6.45, 7) is 11.7. The molecule has 0 atom stereocenters. The van der Waals surface area contributed by atoms with Crippen LogP contribution in [0.5, 0.6) is 17.2 Å². The first kappa shape index (κ1) is 24.6. The predicted octanol–water partition coefficient (Wildman–Crippen LogP) is 0.569. The topological polar surface area (TPSA) is 98.0 Å². The molecule has 2 aromatic rings. The Balaban J connectivity index is 0.000000488. The molecule has 0 bridgehead atoms. The van der Waals surface area contributed by atoms with Crippen LogP contribution in [0.1, 0.15) is 36.7 Å². The number of carbonyl (C=O) groups is 1. The molecule has 0 saturated carbocycles. The van der Waals surface area contributed by atoms with E-state index in [-0.39, 0.29) is 18.0 Å². The van der Waals surface area contributed by atoms with E-state index in [4.69, 9.17) is 20.4 Å². The van der Waals surface area contributed by atoms with Gasteiger partial charge in [0.2, 0.25) is 0 Å². The van der Waals surface area contributed by atoms with Gasteiger partial charge in [-0.25, -0.2) is 4.79 Å². The average Bonchev–Trinajstić information content (AvgIpc) is 2.65. The number of aromatic carboxylic acids is 1. The van der Waals surface area contributed by atoms with E-state index in [1.807, 2.05) is 0 Å². The van der Waals surface area contributed by atoms with Crippen molar-refractivity contribution < 1.29 is 42.1 Å². The lowest BCUT2D eigenvalue weighted by molar-refractivity contribution is -0.936. The molecule has 0 amide bonds. The third-order valence-electron chi connectivity index (χ3n) is 4.69. The van der Waals surface area contributed by atoms with Crippen molar-refractivity contribution in [2.45, 2.75) is 27.3 Å². The second kappa shape index (κ2) is 11.3. The zero-order valence-corrected chi connectivity index (χ0v) is 16.6. The molecule has 0 aliphatic rings. The number of hydrogen-bond donors (Lipinski definition) is 4. The Morgan fingerprint density at radius 1 is 0.889 bits per heavy atom. The highest BCUT2D eigenvalue weighted by Crippen LogP contribution is 2.35. The quantitative estimate of drug-likeness (QED) is 0.422. The van der Waals surface area contributed by atoms with Gasteiger partial charge in [0.15, 0.2) is 17.2 Å². The smallest absolute Gasteiger partial charge is 0.335 e. The maximum Gasteiger partial charge on any atom is 0.335 e. The molecule has 0 aliphatic carbocycles. The summed E-state index contributed by atoms with van der Waals surface area (Å²) in [4.78, 5) is 10.3. The fraction of sp³-hybridized carbons (Fsp3) is 0.350. The minimum Gasteiger partial charge on any atom is -1.00 e. The molecule has 0 radical (unpaired) electrons. The third-order valence-corrected chi connectivity index (χ3v) is 4.69. The molecule has 0 saturated heterocycles. The summed E-state index contributed by atoms with van der Waals surface area (Å²) in [5, 5.41) is 35.0. The summed E-state index contributed by atoms with van der Waals surface area (Å²) in [7, 11) is 0. The van der Waals surface area contributed by atoms with Gasteiger partial charge in [-0.1, -0.05) is 30.3 Å². The molecule has 150 valence electrons. The maximum atomic E-state index is 10.3. The van der Waals surface area contributed by atoms with Gasteiger partial charge in [0.05, 0.1) is 25.2 Å². The lowest BCUT2D eigenvalue weighted by Gasteiger charge is -2.35. The SMILES string of the molecule is CC[N+](CC)(CC)Cc1ccccc1.O=C(O)c1cc(O)c(O)c(O)c1.[Cl-]. The first-order chi connectivity index (χ1) is 12.3. The van der Waals surface area contributed by atoms with E-state index < -0.39 is 23.2 Å². The van der Waals surface area contributed by atoms with Crippen molar-refractivity contribution in [3.8, 4) is 17.2 Å². The standard InChI is InChI=1S/C13H22N.C7H6O5.ClH/c1-4-14(5-2,6-3)12-13-10-8-7-9-11-13;8-4-1-3(7(11)12)2-5(9)6(4)10;/h7-11H,4-6,12H2,1-3H3;1-2,8-10H,(H,11,12);1H/q+1;;/p-1. The Morgan fingerprint density at radius 3 is 1.70 bits per heavy atom. The van der Waals surface area contributed by atoms with Gasteiger partial charge in [0, 0.05) is 5.56 Å². The minimum absolute atomic E-state index is 0. The van der Waals surface area contributed by atoms with Crippen LogP contribution in [0, 0.1) is 0 Å². The normalized spacial score (nSPS) is 10.3. The van der Waals surface area contributed by atoms with E-state index in [1.54, 1.807) is 0 Å². The van der Waals surface area contributed by atoms with E-state index in [9.17, 15) is 4.79 Å². The van der Waals surface area contributed by atoms with Crippen molar-refractivity contribution in [3.05, 3.63) is 53.6 Å². The minimum atomic E-state index is -1.29. The molecule has 0 aliphatic heterocycles. The average molecular weight is 398 g/mol. The van der Waals surface area contributed by atoms with E-state index in [0.717, 1.165) is 12.1 Å². The number of hydrogen-bond acceptors (Lipinski definition) is 4. The van der Waals surface area contributed by atoms with Crippen LogP contribution in [-0.4, -0.2) is 50.5 Å². The monoisotopic (exact) mass is 397 g/mol. The number of benzene rings is 2.